The monoisotopic (exact) mass is 1810 g/mol. The maximum atomic E-state index is 10.2. The molecule has 0 saturated heterocycles. The molecule has 0 amide bonds. The quantitative estimate of drug-likeness (QED) is 0.0236. The van der Waals surface area contributed by atoms with E-state index in [-0.39, 0.29) is 17.9 Å². The minimum absolute atomic E-state index is 0.211. The van der Waals surface area contributed by atoms with E-state index in [0.29, 0.717) is 80.6 Å². The van der Waals surface area contributed by atoms with Crippen LogP contribution in [0.15, 0.2) is 0 Å². The Morgan fingerprint density at radius 2 is 0.238 bits per heavy atom. The van der Waals surface area contributed by atoms with E-state index in [1.54, 1.807) is 63.8 Å². The van der Waals surface area contributed by atoms with Gasteiger partial charge in [-0.05, 0) is 187 Å². The predicted octanol–water partition coefficient (Wildman–Crippen LogP) is 21.1. The Hall–Kier alpha value is -2.59. The van der Waals surface area contributed by atoms with E-state index in [9.17, 15) is 14.4 Å². The smallest absolute Gasteiger partial charge is 0.302 e. The van der Waals surface area contributed by atoms with Crippen LogP contribution in [0.25, 0.3) is 0 Å². The Balaban J connectivity index is -0.0000000402. The van der Waals surface area contributed by atoms with Gasteiger partial charge in [0, 0.05) is 256 Å². The van der Waals surface area contributed by atoms with Crippen LogP contribution in [0.1, 0.15) is 295 Å². The number of rotatable bonds is 47. The molecule has 0 aliphatic heterocycles. The van der Waals surface area contributed by atoms with Gasteiger partial charge in [-0.25, -0.2) is 0 Å². The van der Waals surface area contributed by atoms with Gasteiger partial charge in [-0.3, -0.25) is 14.4 Å². The Labute approximate surface area is 759 Å². The highest BCUT2D eigenvalue weighted by atomic mass is 16.7. The molecule has 0 spiro atoms. The lowest BCUT2D eigenvalue weighted by Crippen LogP contribution is -2.06. The summed E-state index contributed by atoms with van der Waals surface area (Å²) < 4.78 is 132. The fourth-order valence-corrected chi connectivity index (χ4v) is 3.86. The van der Waals surface area contributed by atoms with E-state index in [2.05, 4.69) is 107 Å². The van der Waals surface area contributed by atoms with Crippen LogP contribution in [0.5, 0.6) is 0 Å². The maximum absolute atomic E-state index is 10.2. The molecule has 0 aliphatic carbocycles. The van der Waals surface area contributed by atoms with Gasteiger partial charge in [-0.2, -0.15) is 0 Å². The summed E-state index contributed by atoms with van der Waals surface area (Å²) in [5.74, 6) is -0.835. The zero-order chi connectivity index (χ0) is 100. The summed E-state index contributed by atoms with van der Waals surface area (Å²) in [5, 5.41) is 0. The molecular formula is C91H222O31. The number of hydrogen-bond donors (Lipinski definition) is 0. The van der Waals surface area contributed by atoms with Crippen LogP contribution in [-0.4, -0.2) is 321 Å². The average Bonchev–Trinajstić information content (AvgIpc) is 1.10. The molecular weight excluding hydrogens is 1590 g/mol. The molecule has 0 heterocycles. The van der Waals surface area contributed by atoms with Gasteiger partial charge in [0.05, 0.1) is 19.8 Å². The Morgan fingerprint density at radius 1 is 0.148 bits per heavy atom. The second-order valence-corrected chi connectivity index (χ2v) is 20.0. The molecule has 0 aliphatic rings. The summed E-state index contributed by atoms with van der Waals surface area (Å²) in [5.41, 5.74) is 0. The third kappa shape index (κ3) is 626. The number of esters is 3. The van der Waals surface area contributed by atoms with Crippen molar-refractivity contribution in [2.24, 2.45) is 0 Å². The molecule has 0 unspecified atom stereocenters. The van der Waals surface area contributed by atoms with Gasteiger partial charge >= 0.3 is 17.9 Å². The van der Waals surface area contributed by atoms with Gasteiger partial charge in [0.25, 0.3) is 0 Å². The van der Waals surface area contributed by atoms with Crippen molar-refractivity contribution in [1.82, 2.24) is 0 Å². The third-order valence-electron chi connectivity index (χ3n) is 8.16. The zero-order valence-corrected chi connectivity index (χ0v) is 89.9. The van der Waals surface area contributed by atoms with Gasteiger partial charge < -0.3 is 133 Å². The van der Waals surface area contributed by atoms with Crippen LogP contribution < -0.4 is 0 Å². The fraction of sp³-hybridized carbons (Fsp3) is 0.967. The topological polar surface area (TPSA) is 310 Å². The number of hydrogen-bond acceptors (Lipinski definition) is 31. The Bertz CT molecular complexity index is 969. The summed E-state index contributed by atoms with van der Waals surface area (Å²) in [6.45, 7) is 99.5. The minimum Gasteiger partial charge on any atom is -0.466 e. The maximum Gasteiger partial charge on any atom is 0.302 e. The third-order valence-corrected chi connectivity index (χ3v) is 8.16. The molecule has 0 aromatic rings. The molecule has 0 aromatic heterocycles. The largest absolute Gasteiger partial charge is 0.466 e. The number of carbonyl (C=O) groups excluding carboxylic acids is 3. The lowest BCUT2D eigenvalue weighted by Gasteiger charge is -2.01. The summed E-state index contributed by atoms with van der Waals surface area (Å²) in [7, 11) is 12.9. The molecule has 0 aromatic carbocycles. The van der Waals surface area contributed by atoms with Crippen molar-refractivity contribution in [2.75, 3.05) is 303 Å². The van der Waals surface area contributed by atoms with Crippen LogP contribution in [0.4, 0.5) is 0 Å². The molecule has 0 rings (SSSR count). The van der Waals surface area contributed by atoms with E-state index in [4.69, 9.17) is 80.5 Å². The van der Waals surface area contributed by atoms with E-state index in [0.717, 1.165) is 172 Å². The van der Waals surface area contributed by atoms with Crippen molar-refractivity contribution in [3.05, 3.63) is 0 Å². The highest BCUT2D eigenvalue weighted by molar-refractivity contribution is 5.66. The van der Waals surface area contributed by atoms with E-state index >= 15 is 0 Å². The molecule has 31 nitrogen and oxygen atoms in total. The summed E-state index contributed by atoms with van der Waals surface area (Å²) in [4.78, 5) is 30.2. The van der Waals surface area contributed by atoms with Crippen LogP contribution in [-0.2, 0) is 147 Å². The second kappa shape index (κ2) is 280. The highest BCUT2D eigenvalue weighted by Gasteiger charge is 1.95. The summed E-state index contributed by atoms with van der Waals surface area (Å²) >= 11 is 0. The van der Waals surface area contributed by atoms with Gasteiger partial charge in [0.2, 0.25) is 0 Å². The number of carbonyl (C=O) groups is 3. The van der Waals surface area contributed by atoms with Gasteiger partial charge in [0.1, 0.15) is 54.3 Å². The first-order valence-electron chi connectivity index (χ1n) is 44.7. The van der Waals surface area contributed by atoms with Crippen molar-refractivity contribution >= 4 is 17.9 Å². The van der Waals surface area contributed by atoms with Crippen molar-refractivity contribution < 1.29 is 147 Å². The number of methoxy groups -OCH3 is 8. The molecule has 0 radical (unpaired) electrons. The average molecular weight is 1810 g/mol. The first-order valence-corrected chi connectivity index (χ1v) is 44.7. The van der Waals surface area contributed by atoms with Crippen LogP contribution in [0, 0.1) is 0 Å². The molecule has 0 fully saturated rings. The highest BCUT2D eigenvalue weighted by Crippen LogP contribution is 1.86. The first kappa shape index (κ1) is 180. The first-order chi connectivity index (χ1) is 58.6. The summed E-state index contributed by atoms with van der Waals surface area (Å²) in [6, 6.07) is 0. The van der Waals surface area contributed by atoms with E-state index in [1.807, 2.05) is 180 Å². The van der Waals surface area contributed by atoms with Crippen LogP contribution >= 0.6 is 0 Å². The lowest BCUT2D eigenvalue weighted by molar-refractivity contribution is -0.143. The second-order valence-electron chi connectivity index (χ2n) is 20.0. The minimum atomic E-state index is -0.312. The van der Waals surface area contributed by atoms with Crippen molar-refractivity contribution in [3.63, 3.8) is 0 Å². The summed E-state index contributed by atoms with van der Waals surface area (Å²) in [6.07, 6.45) is 5.55. The Kier molecular flexibility index (Phi) is 413. The molecule has 0 bridgehead atoms. The molecule has 0 N–H and O–H groups in total. The predicted molar refractivity (Wildman–Crippen MR) is 512 cm³/mol. The van der Waals surface area contributed by atoms with Crippen molar-refractivity contribution in [2.45, 2.75) is 295 Å². The normalized spacial score (nSPS) is 8.41. The molecule has 772 valence electrons. The lowest BCUT2D eigenvalue weighted by atomic mass is 10.5. The molecule has 31 heteroatoms. The van der Waals surface area contributed by atoms with Crippen molar-refractivity contribution in [3.8, 4) is 0 Å². The van der Waals surface area contributed by atoms with Gasteiger partial charge in [-0.15, -0.1) is 0 Å². The van der Waals surface area contributed by atoms with Crippen LogP contribution in [0.2, 0.25) is 0 Å². The molecule has 0 saturated carbocycles. The standard InChI is InChI=1S/C7H12O4.8C4H10O2.C4H8O2.9C4H10O.4C3H8/c1-6(8)10-4-3-5-11-7(2)9;8*1-3-6-4-5-2;1-3-6-4(2)5;9*1-3-5-4-2;4*1-3-2/h3-5H2,1-2H3;8*3-4H2,1-2H3;3H2,1-2H3;9*3-4H2,1-2H3;4*3H2,1-2H3. The SMILES string of the molecule is CC(=O)OCCCOC(C)=O.CCC.CCC.CCC.CCC.CCOC(C)=O.CCOCC.CCOCC.CCOCC.CCOCC.CCOCC.CCOCC.CCOCC.CCOCC.CCOCC.CCOCOC.CCOCOC.CCOCOC.CCOCOC.CCOCOC.CCOCOC.CCOCOC.CCOCOC. The van der Waals surface area contributed by atoms with E-state index < -0.39 is 0 Å². The van der Waals surface area contributed by atoms with Gasteiger partial charge in [0.15, 0.2) is 0 Å². The van der Waals surface area contributed by atoms with Crippen LogP contribution in [0.3, 0.4) is 0 Å². The Morgan fingerprint density at radius 3 is 0.270 bits per heavy atom. The molecule has 0 atom stereocenters. The fourth-order valence-electron chi connectivity index (χ4n) is 3.86. The van der Waals surface area contributed by atoms with E-state index in [1.165, 1.54) is 46.5 Å². The van der Waals surface area contributed by atoms with Gasteiger partial charge in [-0.1, -0.05) is 81.1 Å². The van der Waals surface area contributed by atoms with Crippen molar-refractivity contribution in [1.29, 1.82) is 0 Å². The zero-order valence-electron chi connectivity index (χ0n) is 89.9. The number of ether oxygens (including phenoxy) is 28. The molecule has 122 heavy (non-hydrogen) atoms.